The van der Waals surface area contributed by atoms with E-state index in [1.807, 2.05) is 9.80 Å². The van der Waals surface area contributed by atoms with E-state index in [4.69, 9.17) is 0 Å². The number of nitrogens with zero attached hydrogens (tertiary/aromatic N) is 2. The molecule has 0 aromatic heterocycles. The highest BCUT2D eigenvalue weighted by Gasteiger charge is 2.34. The molecular formula is C23H24F6N2S. The molecule has 0 unspecified atom stereocenters. The summed E-state index contributed by atoms with van der Waals surface area (Å²) in [6, 6.07) is 6.91. The first-order valence-corrected chi connectivity index (χ1v) is 11.8. The Labute approximate surface area is 187 Å². The molecule has 0 aliphatic carbocycles. The summed E-state index contributed by atoms with van der Waals surface area (Å²) in [5.74, 6) is 1.64. The van der Waals surface area contributed by atoms with Crippen molar-refractivity contribution >= 4 is 23.1 Å². The van der Waals surface area contributed by atoms with Crippen LogP contribution in [-0.2, 0) is 12.4 Å². The monoisotopic (exact) mass is 474 g/mol. The molecule has 0 N–H and O–H groups in total. The third kappa shape index (κ3) is 4.97. The summed E-state index contributed by atoms with van der Waals surface area (Å²) < 4.78 is 81.4. The van der Waals surface area contributed by atoms with E-state index in [2.05, 4.69) is 0 Å². The second-order valence-corrected chi connectivity index (χ2v) is 9.33. The van der Waals surface area contributed by atoms with Gasteiger partial charge in [0.2, 0.25) is 0 Å². The Morgan fingerprint density at radius 2 is 1.03 bits per heavy atom. The van der Waals surface area contributed by atoms with Crippen molar-refractivity contribution in [1.82, 2.24) is 0 Å². The molecule has 2 aliphatic heterocycles. The summed E-state index contributed by atoms with van der Waals surface area (Å²) in [4.78, 5) is 3.97. The van der Waals surface area contributed by atoms with Gasteiger partial charge in [-0.25, -0.2) is 0 Å². The summed E-state index contributed by atoms with van der Waals surface area (Å²) in [6.07, 6.45) is -6.33. The van der Waals surface area contributed by atoms with Gasteiger partial charge in [-0.2, -0.15) is 38.1 Å². The van der Waals surface area contributed by atoms with Crippen LogP contribution in [-0.4, -0.2) is 37.7 Å². The van der Waals surface area contributed by atoms with Crippen molar-refractivity contribution in [3.8, 4) is 11.1 Å². The highest BCUT2D eigenvalue weighted by molar-refractivity contribution is 7.99. The first-order chi connectivity index (χ1) is 15.1. The summed E-state index contributed by atoms with van der Waals surface area (Å²) in [7, 11) is 0. The van der Waals surface area contributed by atoms with Crippen molar-refractivity contribution in [3.05, 3.63) is 47.5 Å². The SMILES string of the molecule is FC(F)(F)c1ccc(N2CCCCC2)c(-c2cc(C(F)(F)F)ccc2N2CCSCC2)c1. The fourth-order valence-corrected chi connectivity index (χ4v) is 5.25. The van der Waals surface area contributed by atoms with Crippen LogP contribution in [0.5, 0.6) is 0 Å². The highest BCUT2D eigenvalue weighted by atomic mass is 32.2. The molecule has 0 amide bonds. The van der Waals surface area contributed by atoms with Gasteiger partial charge in [0, 0.05) is 60.2 Å². The molecule has 2 aromatic rings. The normalized spacial score (nSPS) is 18.2. The fourth-order valence-electron chi connectivity index (χ4n) is 4.35. The van der Waals surface area contributed by atoms with Crippen molar-refractivity contribution in [2.75, 3.05) is 47.5 Å². The standard InChI is InChI=1S/C23H24F6N2S/c24-22(25,26)16-4-6-20(30-8-2-1-3-9-30)18(14-16)19-15-17(23(27,28)29)5-7-21(19)31-10-12-32-13-11-31/h4-7,14-15H,1-3,8-13H2. The second-order valence-electron chi connectivity index (χ2n) is 8.11. The number of halogens is 6. The van der Waals surface area contributed by atoms with Crippen LogP contribution in [0.3, 0.4) is 0 Å². The van der Waals surface area contributed by atoms with Crippen LogP contribution in [0.4, 0.5) is 37.7 Å². The van der Waals surface area contributed by atoms with Gasteiger partial charge < -0.3 is 9.80 Å². The number of hydrogen-bond acceptors (Lipinski definition) is 3. The van der Waals surface area contributed by atoms with Crippen LogP contribution in [0, 0.1) is 0 Å². The van der Waals surface area contributed by atoms with E-state index in [9.17, 15) is 26.3 Å². The van der Waals surface area contributed by atoms with E-state index >= 15 is 0 Å². The maximum absolute atomic E-state index is 13.6. The van der Waals surface area contributed by atoms with E-state index in [0.717, 1.165) is 55.0 Å². The molecule has 0 atom stereocenters. The minimum absolute atomic E-state index is 0.207. The topological polar surface area (TPSA) is 6.48 Å². The molecule has 0 radical (unpaired) electrons. The zero-order chi connectivity index (χ0) is 22.9. The second kappa shape index (κ2) is 9.08. The van der Waals surface area contributed by atoms with Crippen LogP contribution in [0.1, 0.15) is 30.4 Å². The number of hydrogen-bond donors (Lipinski definition) is 0. The van der Waals surface area contributed by atoms with Crippen molar-refractivity contribution in [2.24, 2.45) is 0 Å². The molecule has 4 rings (SSSR count). The number of alkyl halides is 6. The predicted octanol–water partition coefficient (Wildman–Crippen LogP) is 6.93. The van der Waals surface area contributed by atoms with Gasteiger partial charge >= 0.3 is 12.4 Å². The Bertz CT molecular complexity index is 867. The maximum atomic E-state index is 13.6. The Morgan fingerprint density at radius 3 is 1.47 bits per heavy atom. The van der Waals surface area contributed by atoms with E-state index in [-0.39, 0.29) is 11.1 Å². The molecular weight excluding hydrogens is 450 g/mol. The van der Waals surface area contributed by atoms with Gasteiger partial charge in [-0.15, -0.1) is 0 Å². The Hall–Kier alpha value is -2.03. The number of piperidine rings is 1. The summed E-state index contributed by atoms with van der Waals surface area (Å²) in [5.41, 5.74) is -0.185. The largest absolute Gasteiger partial charge is 0.416 e. The van der Waals surface area contributed by atoms with Gasteiger partial charge in [0.05, 0.1) is 11.1 Å². The minimum Gasteiger partial charge on any atom is -0.371 e. The average Bonchev–Trinajstić information content (AvgIpc) is 2.78. The third-order valence-electron chi connectivity index (χ3n) is 5.99. The molecule has 2 aliphatic rings. The first-order valence-electron chi connectivity index (χ1n) is 10.6. The molecule has 174 valence electrons. The zero-order valence-corrected chi connectivity index (χ0v) is 18.2. The van der Waals surface area contributed by atoms with Gasteiger partial charge in [0.25, 0.3) is 0 Å². The molecule has 0 spiro atoms. The lowest BCUT2D eigenvalue weighted by molar-refractivity contribution is -0.138. The van der Waals surface area contributed by atoms with Crippen LogP contribution < -0.4 is 9.80 Å². The Kier molecular flexibility index (Phi) is 6.56. The average molecular weight is 475 g/mol. The van der Waals surface area contributed by atoms with E-state index < -0.39 is 23.5 Å². The lowest BCUT2D eigenvalue weighted by Crippen LogP contribution is -2.33. The Balaban J connectivity index is 1.92. The minimum atomic E-state index is -4.59. The van der Waals surface area contributed by atoms with Crippen molar-refractivity contribution in [3.63, 3.8) is 0 Å². The zero-order valence-electron chi connectivity index (χ0n) is 17.4. The third-order valence-corrected chi connectivity index (χ3v) is 6.93. The van der Waals surface area contributed by atoms with Crippen molar-refractivity contribution in [1.29, 1.82) is 0 Å². The van der Waals surface area contributed by atoms with E-state index in [1.165, 1.54) is 12.1 Å². The summed E-state index contributed by atoms with van der Waals surface area (Å²) >= 11 is 1.76. The van der Waals surface area contributed by atoms with E-state index in [0.29, 0.717) is 37.6 Å². The molecule has 2 fully saturated rings. The molecule has 2 aromatic carbocycles. The van der Waals surface area contributed by atoms with Gasteiger partial charge in [-0.3, -0.25) is 0 Å². The van der Waals surface area contributed by atoms with Gasteiger partial charge in [0.15, 0.2) is 0 Å². The van der Waals surface area contributed by atoms with Gasteiger partial charge in [-0.05, 0) is 55.7 Å². The molecule has 0 bridgehead atoms. The highest BCUT2D eigenvalue weighted by Crippen LogP contribution is 2.44. The van der Waals surface area contributed by atoms with E-state index in [1.54, 1.807) is 11.8 Å². The molecule has 2 heterocycles. The van der Waals surface area contributed by atoms with Crippen molar-refractivity contribution < 1.29 is 26.3 Å². The van der Waals surface area contributed by atoms with Crippen molar-refractivity contribution in [2.45, 2.75) is 31.6 Å². The van der Waals surface area contributed by atoms with Crippen LogP contribution in [0.2, 0.25) is 0 Å². The molecule has 0 saturated carbocycles. The first kappa shape index (κ1) is 23.1. The maximum Gasteiger partial charge on any atom is 0.416 e. The van der Waals surface area contributed by atoms with Crippen LogP contribution in [0.15, 0.2) is 36.4 Å². The number of thioether (sulfide) groups is 1. The predicted molar refractivity (Wildman–Crippen MR) is 117 cm³/mol. The number of benzene rings is 2. The number of rotatable bonds is 3. The smallest absolute Gasteiger partial charge is 0.371 e. The molecule has 32 heavy (non-hydrogen) atoms. The summed E-state index contributed by atoms with van der Waals surface area (Å²) in [5, 5.41) is 0. The molecule has 2 nitrogen and oxygen atoms in total. The lowest BCUT2D eigenvalue weighted by atomic mass is 9.95. The van der Waals surface area contributed by atoms with Gasteiger partial charge in [-0.1, -0.05) is 0 Å². The fraction of sp³-hybridized carbons (Fsp3) is 0.478. The molecule has 9 heteroatoms. The van der Waals surface area contributed by atoms with Crippen LogP contribution in [0.25, 0.3) is 11.1 Å². The number of anilines is 2. The van der Waals surface area contributed by atoms with Gasteiger partial charge in [0.1, 0.15) is 0 Å². The summed E-state index contributed by atoms with van der Waals surface area (Å²) in [6.45, 7) is 2.63. The quantitative estimate of drug-likeness (QED) is 0.445. The van der Waals surface area contributed by atoms with Crippen LogP contribution >= 0.6 is 11.8 Å². The molecule has 2 saturated heterocycles. The Morgan fingerprint density at radius 1 is 0.594 bits per heavy atom. The lowest BCUT2D eigenvalue weighted by Gasteiger charge is -2.34.